The van der Waals surface area contributed by atoms with Gasteiger partial charge in [0.15, 0.2) is 5.78 Å². The number of carbonyl (C=O) groups excluding carboxylic acids is 2. The summed E-state index contributed by atoms with van der Waals surface area (Å²) in [6.07, 6.45) is 1.54. The summed E-state index contributed by atoms with van der Waals surface area (Å²) in [4.78, 5) is 28.8. The van der Waals surface area contributed by atoms with Gasteiger partial charge in [-0.05, 0) is 37.1 Å². The molecule has 1 heterocycles. The number of rotatable bonds is 0. The summed E-state index contributed by atoms with van der Waals surface area (Å²) >= 11 is 0. The number of benzene rings is 1. The molecule has 0 fully saturated rings. The van der Waals surface area contributed by atoms with Crippen molar-refractivity contribution in [3.05, 3.63) is 64.0 Å². The summed E-state index contributed by atoms with van der Waals surface area (Å²) in [5, 5.41) is 0. The van der Waals surface area contributed by atoms with Crippen LogP contribution in [-0.2, 0) is 0 Å². The Morgan fingerprint density at radius 3 is 2.50 bits per heavy atom. The quantitative estimate of drug-likeness (QED) is 0.603. The second-order valence-corrected chi connectivity index (χ2v) is 4.49. The third kappa shape index (κ3) is 1.27. The SMILES string of the molecule is Cc1ccc2c(c1C)C(=O)c1ncccc1C2=O. The molecular formula is C15H11NO2. The van der Waals surface area contributed by atoms with E-state index in [4.69, 9.17) is 0 Å². The van der Waals surface area contributed by atoms with Gasteiger partial charge in [0.1, 0.15) is 5.69 Å². The molecule has 88 valence electrons. The van der Waals surface area contributed by atoms with E-state index in [1.54, 1.807) is 24.4 Å². The van der Waals surface area contributed by atoms with Gasteiger partial charge in [-0.25, -0.2) is 0 Å². The molecule has 3 rings (SSSR count). The highest BCUT2D eigenvalue weighted by Gasteiger charge is 2.31. The maximum Gasteiger partial charge on any atom is 0.213 e. The van der Waals surface area contributed by atoms with Gasteiger partial charge < -0.3 is 0 Å². The molecule has 1 aromatic carbocycles. The molecule has 1 aliphatic rings. The number of aromatic nitrogens is 1. The Morgan fingerprint density at radius 2 is 1.72 bits per heavy atom. The van der Waals surface area contributed by atoms with Crippen molar-refractivity contribution in [1.29, 1.82) is 0 Å². The lowest BCUT2D eigenvalue weighted by Crippen LogP contribution is -2.23. The number of hydrogen-bond donors (Lipinski definition) is 0. The third-order valence-corrected chi connectivity index (χ3v) is 3.47. The minimum atomic E-state index is -0.151. The van der Waals surface area contributed by atoms with Gasteiger partial charge >= 0.3 is 0 Å². The van der Waals surface area contributed by atoms with Crippen LogP contribution in [0.2, 0.25) is 0 Å². The molecule has 0 unspecified atom stereocenters. The summed E-state index contributed by atoms with van der Waals surface area (Å²) < 4.78 is 0. The number of ketones is 2. The zero-order valence-electron chi connectivity index (χ0n) is 10.2. The van der Waals surface area contributed by atoms with Crippen LogP contribution in [-0.4, -0.2) is 16.6 Å². The van der Waals surface area contributed by atoms with E-state index in [0.717, 1.165) is 11.1 Å². The zero-order valence-corrected chi connectivity index (χ0v) is 10.2. The second-order valence-electron chi connectivity index (χ2n) is 4.49. The van der Waals surface area contributed by atoms with Crippen LogP contribution in [0.4, 0.5) is 0 Å². The predicted octanol–water partition coefficient (Wildman–Crippen LogP) is 2.47. The summed E-state index contributed by atoms with van der Waals surface area (Å²) in [5.74, 6) is -0.266. The molecule has 18 heavy (non-hydrogen) atoms. The van der Waals surface area contributed by atoms with Crippen molar-refractivity contribution < 1.29 is 9.59 Å². The van der Waals surface area contributed by atoms with Crippen molar-refractivity contribution in [3.63, 3.8) is 0 Å². The molecule has 1 aliphatic carbocycles. The Balaban J connectivity index is 2.38. The van der Waals surface area contributed by atoms with E-state index >= 15 is 0 Å². The van der Waals surface area contributed by atoms with Gasteiger partial charge in [-0.2, -0.15) is 0 Å². The topological polar surface area (TPSA) is 47.0 Å². The lowest BCUT2D eigenvalue weighted by molar-refractivity contribution is 0.0974. The molecule has 0 amide bonds. The van der Waals surface area contributed by atoms with Crippen LogP contribution in [0.3, 0.4) is 0 Å². The van der Waals surface area contributed by atoms with Crippen molar-refractivity contribution in [3.8, 4) is 0 Å². The van der Waals surface area contributed by atoms with Crippen LogP contribution < -0.4 is 0 Å². The minimum Gasteiger partial charge on any atom is -0.288 e. The fourth-order valence-corrected chi connectivity index (χ4v) is 2.33. The van der Waals surface area contributed by atoms with Crippen molar-refractivity contribution >= 4 is 11.6 Å². The number of fused-ring (bicyclic) bond motifs is 2. The molecular weight excluding hydrogens is 226 g/mol. The smallest absolute Gasteiger partial charge is 0.213 e. The number of carbonyl (C=O) groups is 2. The van der Waals surface area contributed by atoms with Crippen LogP contribution in [0.5, 0.6) is 0 Å². The van der Waals surface area contributed by atoms with Crippen molar-refractivity contribution in [2.24, 2.45) is 0 Å². The number of aryl methyl sites for hydroxylation is 1. The summed E-state index contributed by atoms with van der Waals surface area (Å²) in [6, 6.07) is 6.94. The Bertz CT molecular complexity index is 702. The maximum absolute atomic E-state index is 12.4. The number of hydrogen-bond acceptors (Lipinski definition) is 3. The highest BCUT2D eigenvalue weighted by atomic mass is 16.1. The average Bonchev–Trinajstić information content (AvgIpc) is 2.39. The number of pyridine rings is 1. The average molecular weight is 237 g/mol. The number of nitrogens with zero attached hydrogens (tertiary/aromatic N) is 1. The molecule has 0 N–H and O–H groups in total. The fraction of sp³-hybridized carbons (Fsp3) is 0.133. The lowest BCUT2D eigenvalue weighted by atomic mass is 9.83. The van der Waals surface area contributed by atoms with Crippen LogP contribution in [0, 0.1) is 13.8 Å². The largest absolute Gasteiger partial charge is 0.288 e. The predicted molar refractivity (Wildman–Crippen MR) is 67.0 cm³/mol. The highest BCUT2D eigenvalue weighted by molar-refractivity contribution is 6.28. The molecule has 0 spiro atoms. The first-order chi connectivity index (χ1) is 8.61. The van der Waals surface area contributed by atoms with E-state index < -0.39 is 0 Å². The molecule has 0 saturated carbocycles. The van der Waals surface area contributed by atoms with E-state index in [-0.39, 0.29) is 17.3 Å². The molecule has 1 aromatic heterocycles. The second kappa shape index (κ2) is 3.60. The van der Waals surface area contributed by atoms with E-state index in [1.165, 1.54) is 0 Å². The van der Waals surface area contributed by atoms with Gasteiger partial charge in [-0.3, -0.25) is 14.6 Å². The van der Waals surface area contributed by atoms with E-state index in [9.17, 15) is 9.59 Å². The van der Waals surface area contributed by atoms with Crippen LogP contribution >= 0.6 is 0 Å². The van der Waals surface area contributed by atoms with Gasteiger partial charge in [-0.15, -0.1) is 0 Å². The first kappa shape index (κ1) is 10.8. The summed E-state index contributed by atoms with van der Waals surface area (Å²) in [5.41, 5.74) is 3.54. The minimum absolute atomic E-state index is 0.115. The van der Waals surface area contributed by atoms with Crippen LogP contribution in [0.1, 0.15) is 43.1 Å². The molecule has 0 bridgehead atoms. The van der Waals surface area contributed by atoms with Crippen LogP contribution in [0.15, 0.2) is 30.5 Å². The Kier molecular flexibility index (Phi) is 2.17. The third-order valence-electron chi connectivity index (χ3n) is 3.47. The molecule has 2 aromatic rings. The van der Waals surface area contributed by atoms with Gasteiger partial charge in [0.2, 0.25) is 5.78 Å². The van der Waals surface area contributed by atoms with Crippen LogP contribution in [0.25, 0.3) is 0 Å². The Morgan fingerprint density at radius 1 is 0.944 bits per heavy atom. The molecule has 0 aliphatic heterocycles. The van der Waals surface area contributed by atoms with Crippen molar-refractivity contribution in [1.82, 2.24) is 4.98 Å². The molecule has 0 atom stereocenters. The van der Waals surface area contributed by atoms with Gasteiger partial charge in [-0.1, -0.05) is 12.1 Å². The van der Waals surface area contributed by atoms with Crippen molar-refractivity contribution in [2.75, 3.05) is 0 Å². The van der Waals surface area contributed by atoms with Crippen molar-refractivity contribution in [2.45, 2.75) is 13.8 Å². The normalized spacial score (nSPS) is 13.2. The molecule has 0 saturated heterocycles. The maximum atomic E-state index is 12.4. The van der Waals surface area contributed by atoms with E-state index in [0.29, 0.717) is 16.7 Å². The Hall–Kier alpha value is -2.29. The van der Waals surface area contributed by atoms with Gasteiger partial charge in [0.05, 0.1) is 5.56 Å². The highest BCUT2D eigenvalue weighted by Crippen LogP contribution is 2.29. The first-order valence-electron chi connectivity index (χ1n) is 5.76. The Labute approximate surface area is 104 Å². The molecule has 3 heteroatoms. The van der Waals surface area contributed by atoms with Gasteiger partial charge in [0.25, 0.3) is 0 Å². The first-order valence-corrected chi connectivity index (χ1v) is 5.76. The lowest BCUT2D eigenvalue weighted by Gasteiger charge is -2.19. The summed E-state index contributed by atoms with van der Waals surface area (Å²) in [7, 11) is 0. The fourth-order valence-electron chi connectivity index (χ4n) is 2.33. The van der Waals surface area contributed by atoms with Gasteiger partial charge in [0, 0.05) is 17.3 Å². The molecule has 3 nitrogen and oxygen atoms in total. The zero-order chi connectivity index (χ0) is 12.9. The monoisotopic (exact) mass is 237 g/mol. The molecule has 0 radical (unpaired) electrons. The summed E-state index contributed by atoms with van der Waals surface area (Å²) in [6.45, 7) is 3.80. The van der Waals surface area contributed by atoms with E-state index in [2.05, 4.69) is 4.98 Å². The standard InChI is InChI=1S/C15H11NO2/c1-8-5-6-10-12(9(8)2)15(18)13-11(14(10)17)4-3-7-16-13/h3-7H,1-2H3. The van der Waals surface area contributed by atoms with E-state index in [1.807, 2.05) is 19.9 Å².